The van der Waals surface area contributed by atoms with Gasteiger partial charge >= 0.3 is 0 Å². The van der Waals surface area contributed by atoms with E-state index in [0.29, 0.717) is 17.9 Å². The van der Waals surface area contributed by atoms with Gasteiger partial charge in [0, 0.05) is 25.7 Å². The summed E-state index contributed by atoms with van der Waals surface area (Å²) in [5, 5.41) is 3.15. The van der Waals surface area contributed by atoms with Crippen LogP contribution in [0.4, 0.5) is 0 Å². The van der Waals surface area contributed by atoms with Crippen LogP contribution >= 0.6 is 0 Å². The third-order valence-electron chi connectivity index (χ3n) is 4.11. The number of nitrogens with two attached hydrogens (primary N) is 1. The number of morpholine rings is 1. The van der Waals surface area contributed by atoms with Crippen LogP contribution in [0.5, 0.6) is 0 Å². The van der Waals surface area contributed by atoms with E-state index in [1.165, 1.54) is 12.8 Å². The van der Waals surface area contributed by atoms with Crippen molar-refractivity contribution in [2.45, 2.75) is 46.1 Å². The number of ether oxygens (including phenoxy) is 1. The fourth-order valence-corrected chi connectivity index (χ4v) is 2.81. The van der Waals surface area contributed by atoms with Crippen LogP contribution in [-0.4, -0.2) is 56.3 Å². The Hall–Kier alpha value is -0.810. The largest absolute Gasteiger partial charge is 0.379 e. The molecule has 0 aromatic carbocycles. The van der Waals surface area contributed by atoms with Crippen LogP contribution in [0.1, 0.15) is 40.0 Å². The molecule has 5 nitrogen and oxygen atoms in total. The monoisotopic (exact) mass is 284 g/mol. The van der Waals surface area contributed by atoms with Gasteiger partial charge in [0.05, 0.1) is 19.8 Å². The van der Waals surface area contributed by atoms with Crippen molar-refractivity contribution in [2.24, 2.45) is 16.6 Å². The second-order valence-electron chi connectivity index (χ2n) is 5.44. The second-order valence-corrected chi connectivity index (χ2v) is 5.44. The Balaban J connectivity index is 2.61. The molecule has 0 bridgehead atoms. The minimum absolute atomic E-state index is 0.482. The van der Waals surface area contributed by atoms with Crippen LogP contribution in [0.3, 0.4) is 0 Å². The third kappa shape index (κ3) is 5.67. The lowest BCUT2D eigenvalue weighted by Crippen LogP contribution is -2.49. The Morgan fingerprint density at radius 1 is 1.25 bits per heavy atom. The highest BCUT2D eigenvalue weighted by Gasteiger charge is 2.26. The normalized spacial score (nSPS) is 19.3. The molecule has 0 saturated carbocycles. The molecule has 1 rings (SSSR count). The van der Waals surface area contributed by atoms with Crippen molar-refractivity contribution in [1.82, 2.24) is 10.2 Å². The molecular weight excluding hydrogens is 252 g/mol. The average molecular weight is 284 g/mol. The van der Waals surface area contributed by atoms with Gasteiger partial charge < -0.3 is 15.8 Å². The van der Waals surface area contributed by atoms with Gasteiger partial charge in [-0.3, -0.25) is 9.89 Å². The Morgan fingerprint density at radius 3 is 2.45 bits per heavy atom. The topological polar surface area (TPSA) is 62.9 Å². The lowest BCUT2D eigenvalue weighted by atomic mass is 9.92. The summed E-state index contributed by atoms with van der Waals surface area (Å²) in [6, 6.07) is 0.482. The van der Waals surface area contributed by atoms with Crippen LogP contribution in [0.2, 0.25) is 0 Å². The van der Waals surface area contributed by atoms with Gasteiger partial charge in [0.1, 0.15) is 0 Å². The van der Waals surface area contributed by atoms with Crippen LogP contribution in [0, 0.1) is 5.92 Å². The van der Waals surface area contributed by atoms with Crippen LogP contribution in [0.25, 0.3) is 0 Å². The minimum atomic E-state index is 0.482. The van der Waals surface area contributed by atoms with E-state index in [9.17, 15) is 0 Å². The number of hydrogen-bond acceptors (Lipinski definition) is 3. The summed E-state index contributed by atoms with van der Waals surface area (Å²) in [6.45, 7) is 12.0. The first-order valence-electron chi connectivity index (χ1n) is 8.08. The maximum atomic E-state index is 5.92. The highest BCUT2D eigenvalue weighted by Crippen LogP contribution is 2.20. The molecule has 1 aliphatic rings. The van der Waals surface area contributed by atoms with Crippen molar-refractivity contribution in [3.63, 3.8) is 0 Å². The summed E-state index contributed by atoms with van der Waals surface area (Å²) in [5.74, 6) is 1.26. The smallest absolute Gasteiger partial charge is 0.188 e. The molecule has 0 spiro atoms. The van der Waals surface area contributed by atoms with Crippen molar-refractivity contribution in [2.75, 3.05) is 39.4 Å². The predicted molar refractivity (Wildman–Crippen MR) is 85.0 cm³/mol. The number of nitrogens with one attached hydrogen (secondary N) is 1. The van der Waals surface area contributed by atoms with E-state index < -0.39 is 0 Å². The van der Waals surface area contributed by atoms with Gasteiger partial charge in [-0.2, -0.15) is 0 Å². The molecule has 1 fully saturated rings. The molecule has 118 valence electrons. The first kappa shape index (κ1) is 17.2. The molecule has 1 atom stereocenters. The average Bonchev–Trinajstić information content (AvgIpc) is 2.50. The Labute approximate surface area is 124 Å². The fourth-order valence-electron chi connectivity index (χ4n) is 2.81. The van der Waals surface area contributed by atoms with E-state index in [-0.39, 0.29) is 0 Å². The molecule has 0 aliphatic carbocycles. The third-order valence-corrected chi connectivity index (χ3v) is 4.11. The summed E-state index contributed by atoms with van der Waals surface area (Å²) in [5.41, 5.74) is 5.92. The highest BCUT2D eigenvalue weighted by atomic mass is 16.5. The van der Waals surface area contributed by atoms with Crippen molar-refractivity contribution >= 4 is 5.96 Å². The molecule has 0 amide bonds. The highest BCUT2D eigenvalue weighted by molar-refractivity contribution is 5.77. The predicted octanol–water partition coefficient (Wildman–Crippen LogP) is 1.44. The lowest BCUT2D eigenvalue weighted by molar-refractivity contribution is 0.00396. The molecule has 3 N–H and O–H groups in total. The van der Waals surface area contributed by atoms with Gasteiger partial charge in [-0.05, 0) is 12.3 Å². The molecule has 0 aromatic heterocycles. The summed E-state index contributed by atoms with van der Waals surface area (Å²) in [6.07, 6.45) is 3.45. The number of rotatable bonds is 8. The van der Waals surface area contributed by atoms with Crippen LogP contribution in [0.15, 0.2) is 4.99 Å². The SMILES string of the molecule is CCCNC(N)=NCC(C(CC)CC)N1CCOCC1. The molecule has 0 radical (unpaired) electrons. The first-order chi connectivity index (χ1) is 9.72. The summed E-state index contributed by atoms with van der Waals surface area (Å²) < 4.78 is 5.46. The molecule has 1 heterocycles. The van der Waals surface area contributed by atoms with Crippen molar-refractivity contribution < 1.29 is 4.74 Å². The zero-order valence-corrected chi connectivity index (χ0v) is 13.4. The Morgan fingerprint density at radius 2 is 1.90 bits per heavy atom. The van der Waals surface area contributed by atoms with E-state index in [0.717, 1.165) is 45.8 Å². The van der Waals surface area contributed by atoms with Crippen LogP contribution in [-0.2, 0) is 4.74 Å². The van der Waals surface area contributed by atoms with E-state index in [1.807, 2.05) is 0 Å². The van der Waals surface area contributed by atoms with Gasteiger partial charge in [-0.25, -0.2) is 0 Å². The summed E-state index contributed by atoms with van der Waals surface area (Å²) in [7, 11) is 0. The van der Waals surface area contributed by atoms with Gasteiger partial charge in [-0.15, -0.1) is 0 Å². The quantitative estimate of drug-likeness (QED) is 0.523. The van der Waals surface area contributed by atoms with Gasteiger partial charge in [-0.1, -0.05) is 33.6 Å². The van der Waals surface area contributed by atoms with E-state index in [1.54, 1.807) is 0 Å². The standard InChI is InChI=1S/C15H32N4O/c1-4-7-17-15(16)18-12-14(13(5-2)6-3)19-8-10-20-11-9-19/h13-14H,4-12H2,1-3H3,(H3,16,17,18). The molecule has 20 heavy (non-hydrogen) atoms. The van der Waals surface area contributed by atoms with Gasteiger partial charge in [0.2, 0.25) is 0 Å². The van der Waals surface area contributed by atoms with Gasteiger partial charge in [0.25, 0.3) is 0 Å². The van der Waals surface area contributed by atoms with E-state index >= 15 is 0 Å². The lowest BCUT2D eigenvalue weighted by Gasteiger charge is -2.38. The molecule has 0 aromatic rings. The summed E-state index contributed by atoms with van der Waals surface area (Å²) in [4.78, 5) is 7.08. The second kappa shape index (κ2) is 10.00. The number of nitrogens with zero attached hydrogens (tertiary/aromatic N) is 2. The fraction of sp³-hybridized carbons (Fsp3) is 0.933. The molecule has 1 unspecified atom stereocenters. The number of hydrogen-bond donors (Lipinski definition) is 2. The van der Waals surface area contributed by atoms with Crippen molar-refractivity contribution in [3.05, 3.63) is 0 Å². The zero-order chi connectivity index (χ0) is 14.8. The Kier molecular flexibility index (Phi) is 8.62. The van der Waals surface area contributed by atoms with Crippen LogP contribution < -0.4 is 11.1 Å². The van der Waals surface area contributed by atoms with Crippen molar-refractivity contribution in [1.29, 1.82) is 0 Å². The molecule has 5 heteroatoms. The van der Waals surface area contributed by atoms with E-state index in [4.69, 9.17) is 10.5 Å². The maximum Gasteiger partial charge on any atom is 0.188 e. The van der Waals surface area contributed by atoms with E-state index in [2.05, 4.69) is 36.0 Å². The number of guanidine groups is 1. The maximum absolute atomic E-state index is 5.92. The molecule has 1 saturated heterocycles. The number of aliphatic imine (C=N–C) groups is 1. The first-order valence-corrected chi connectivity index (χ1v) is 8.08. The summed E-state index contributed by atoms with van der Waals surface area (Å²) >= 11 is 0. The minimum Gasteiger partial charge on any atom is -0.379 e. The molecular formula is C15H32N4O. The van der Waals surface area contributed by atoms with Gasteiger partial charge in [0.15, 0.2) is 5.96 Å². The molecule has 1 aliphatic heterocycles. The zero-order valence-electron chi connectivity index (χ0n) is 13.4. The Bertz CT molecular complexity index is 273. The van der Waals surface area contributed by atoms with Crippen molar-refractivity contribution in [3.8, 4) is 0 Å².